The highest BCUT2D eigenvalue weighted by Gasteiger charge is 2.51. The van der Waals surface area contributed by atoms with Gasteiger partial charge in [0, 0.05) is 14.0 Å². The molecule has 0 aromatic carbocycles. The van der Waals surface area contributed by atoms with Crippen molar-refractivity contribution in [2.24, 2.45) is 0 Å². The van der Waals surface area contributed by atoms with Gasteiger partial charge in [0.1, 0.15) is 48.8 Å². The molecule has 2 heterocycles. The predicted molar refractivity (Wildman–Crippen MR) is 85.0 cm³/mol. The Labute approximate surface area is 155 Å². The molecule has 2 aliphatic heterocycles. The van der Waals surface area contributed by atoms with E-state index in [0.717, 1.165) is 0 Å². The zero-order chi connectivity index (χ0) is 20.3. The Kier molecular flexibility index (Phi) is 7.88. The molecule has 4 unspecified atom stereocenters. The van der Waals surface area contributed by atoms with Crippen molar-refractivity contribution in [3.8, 4) is 0 Å². The van der Waals surface area contributed by atoms with Crippen LogP contribution in [0.15, 0.2) is 0 Å². The van der Waals surface area contributed by atoms with Gasteiger partial charge in [-0.3, -0.25) is 4.79 Å². The summed E-state index contributed by atoms with van der Waals surface area (Å²) in [5.41, 5.74) is 0. The molecule has 1 amide bonds. The lowest BCUT2D eigenvalue weighted by Crippen LogP contribution is -2.67. The maximum atomic E-state index is 11.3. The van der Waals surface area contributed by atoms with Crippen molar-refractivity contribution in [2.45, 2.75) is 68.3 Å². The van der Waals surface area contributed by atoms with Gasteiger partial charge < -0.3 is 54.9 Å². The summed E-state index contributed by atoms with van der Waals surface area (Å²) in [5.74, 6) is -0.542. The molecule has 2 aliphatic rings. The van der Waals surface area contributed by atoms with Crippen molar-refractivity contribution in [1.29, 1.82) is 0 Å². The Morgan fingerprint density at radius 1 is 0.963 bits per heavy atom. The van der Waals surface area contributed by atoms with E-state index in [0.29, 0.717) is 0 Å². The maximum Gasteiger partial charge on any atom is 0.217 e. The van der Waals surface area contributed by atoms with Gasteiger partial charge in [-0.1, -0.05) is 0 Å². The van der Waals surface area contributed by atoms with Gasteiger partial charge in [-0.15, -0.1) is 0 Å². The zero-order valence-electron chi connectivity index (χ0n) is 14.9. The first kappa shape index (κ1) is 22.4. The second-order valence-electron chi connectivity index (χ2n) is 6.47. The molecule has 0 saturated carbocycles. The number of carbonyl (C=O) groups is 1. The number of amides is 1. The van der Waals surface area contributed by atoms with Crippen LogP contribution in [0.5, 0.6) is 0 Å². The van der Waals surface area contributed by atoms with Crippen LogP contribution >= 0.6 is 0 Å². The van der Waals surface area contributed by atoms with Crippen LogP contribution in [-0.2, 0) is 23.7 Å². The number of aliphatic hydroxyl groups is 6. The Bertz CT molecular complexity index is 494. The molecule has 0 aliphatic carbocycles. The average Bonchev–Trinajstić information content (AvgIpc) is 2.62. The second kappa shape index (κ2) is 9.52. The van der Waals surface area contributed by atoms with Gasteiger partial charge in [0.15, 0.2) is 12.6 Å². The Morgan fingerprint density at radius 3 is 2.11 bits per heavy atom. The average molecular weight is 397 g/mol. The van der Waals surface area contributed by atoms with E-state index in [1.54, 1.807) is 0 Å². The summed E-state index contributed by atoms with van der Waals surface area (Å²) < 4.78 is 21.1. The number of nitrogens with one attached hydrogen (secondary N) is 1. The molecule has 0 bridgehead atoms. The van der Waals surface area contributed by atoms with E-state index >= 15 is 0 Å². The third kappa shape index (κ3) is 4.74. The molecule has 2 rings (SSSR count). The van der Waals surface area contributed by atoms with Crippen LogP contribution in [0.1, 0.15) is 6.92 Å². The lowest BCUT2D eigenvalue weighted by Gasteiger charge is -2.46. The Balaban J connectivity index is 2.19. The van der Waals surface area contributed by atoms with Crippen molar-refractivity contribution < 1.29 is 54.4 Å². The summed E-state index contributed by atoms with van der Waals surface area (Å²) in [4.78, 5) is 11.3. The van der Waals surface area contributed by atoms with Gasteiger partial charge in [-0.2, -0.15) is 0 Å². The van der Waals surface area contributed by atoms with E-state index in [1.165, 1.54) is 14.0 Å². The molecule has 7 N–H and O–H groups in total. The molecule has 0 aromatic heterocycles. The minimum absolute atomic E-state index is 0.542. The monoisotopic (exact) mass is 397 g/mol. The number of hydrogen-bond acceptors (Lipinski definition) is 11. The third-order valence-corrected chi connectivity index (χ3v) is 4.63. The number of ether oxygens (including phenoxy) is 4. The van der Waals surface area contributed by atoms with Crippen LogP contribution in [0.4, 0.5) is 0 Å². The summed E-state index contributed by atoms with van der Waals surface area (Å²) in [6.45, 7) is -0.0556. The summed E-state index contributed by atoms with van der Waals surface area (Å²) in [6.07, 6.45) is -12.2. The summed E-state index contributed by atoms with van der Waals surface area (Å²) in [6, 6.07) is -1.26. The molecule has 12 nitrogen and oxygen atoms in total. The van der Waals surface area contributed by atoms with Crippen molar-refractivity contribution in [3.05, 3.63) is 0 Å². The summed E-state index contributed by atoms with van der Waals surface area (Å²) >= 11 is 0. The second-order valence-corrected chi connectivity index (χ2v) is 6.47. The fourth-order valence-electron chi connectivity index (χ4n) is 3.24. The van der Waals surface area contributed by atoms with E-state index in [-0.39, 0.29) is 0 Å². The smallest absolute Gasteiger partial charge is 0.217 e. The molecule has 12 heteroatoms. The highest BCUT2D eigenvalue weighted by atomic mass is 16.7. The van der Waals surface area contributed by atoms with E-state index < -0.39 is 80.5 Å². The first-order chi connectivity index (χ1) is 12.7. The summed E-state index contributed by atoms with van der Waals surface area (Å²) in [5, 5.41) is 61.9. The van der Waals surface area contributed by atoms with Crippen molar-refractivity contribution in [3.63, 3.8) is 0 Å². The largest absolute Gasteiger partial charge is 0.394 e. The SMILES string of the molecule is CO[C@@H]1C(O)[C@H](O[C@@H]2C(CO)O[C@@H](O)C(NC(C)=O)[C@H]2O)OC(CO)[C@@H]1O. The fourth-order valence-corrected chi connectivity index (χ4v) is 3.24. The molecule has 0 spiro atoms. The number of aliphatic hydroxyl groups excluding tert-OH is 6. The standard InChI is InChI=1S/C15H27NO11/c1-5(19)16-8-10(21)12(7(4-18)25-14(8)23)27-15-11(22)13(24-2)9(20)6(3-17)26-15/h6-15,17-18,20-23H,3-4H2,1-2H3,(H,16,19)/t6?,7?,8?,9-,10+,11?,12+,13-,14+,15-/m0/s1. The van der Waals surface area contributed by atoms with Gasteiger partial charge in [0.2, 0.25) is 5.91 Å². The van der Waals surface area contributed by atoms with Crippen LogP contribution in [-0.4, -0.2) is 118 Å². The number of rotatable bonds is 6. The molecule has 2 saturated heterocycles. The van der Waals surface area contributed by atoms with Crippen LogP contribution in [0.3, 0.4) is 0 Å². The van der Waals surface area contributed by atoms with Crippen LogP contribution in [0.2, 0.25) is 0 Å². The topological polar surface area (TPSA) is 187 Å². The minimum atomic E-state index is -1.60. The van der Waals surface area contributed by atoms with Gasteiger partial charge >= 0.3 is 0 Å². The van der Waals surface area contributed by atoms with E-state index in [9.17, 15) is 35.4 Å². The Hall–Kier alpha value is -0.930. The Morgan fingerprint density at radius 2 is 1.59 bits per heavy atom. The van der Waals surface area contributed by atoms with Crippen LogP contribution < -0.4 is 5.32 Å². The molecule has 0 aromatic rings. The first-order valence-electron chi connectivity index (χ1n) is 8.45. The molecule has 158 valence electrons. The highest BCUT2D eigenvalue weighted by molar-refractivity contribution is 5.73. The van der Waals surface area contributed by atoms with Crippen molar-refractivity contribution >= 4 is 5.91 Å². The molecule has 2 fully saturated rings. The van der Waals surface area contributed by atoms with Gasteiger partial charge in [0.25, 0.3) is 0 Å². The predicted octanol–water partition coefficient (Wildman–Crippen LogP) is -4.60. The molecular formula is C15H27NO11. The van der Waals surface area contributed by atoms with Crippen LogP contribution in [0, 0.1) is 0 Å². The van der Waals surface area contributed by atoms with Crippen molar-refractivity contribution in [2.75, 3.05) is 20.3 Å². The third-order valence-electron chi connectivity index (χ3n) is 4.63. The van der Waals surface area contributed by atoms with Gasteiger partial charge in [0.05, 0.1) is 13.2 Å². The fraction of sp³-hybridized carbons (Fsp3) is 0.933. The lowest BCUT2D eigenvalue weighted by atomic mass is 9.95. The van der Waals surface area contributed by atoms with Crippen molar-refractivity contribution in [1.82, 2.24) is 5.32 Å². The molecular weight excluding hydrogens is 370 g/mol. The number of methoxy groups -OCH3 is 1. The minimum Gasteiger partial charge on any atom is -0.394 e. The molecule has 27 heavy (non-hydrogen) atoms. The normalized spacial score (nSPS) is 45.5. The van der Waals surface area contributed by atoms with Gasteiger partial charge in [-0.25, -0.2) is 0 Å². The van der Waals surface area contributed by atoms with Gasteiger partial charge in [-0.05, 0) is 0 Å². The van der Waals surface area contributed by atoms with E-state index in [2.05, 4.69) is 5.32 Å². The zero-order valence-corrected chi connectivity index (χ0v) is 14.9. The summed E-state index contributed by atoms with van der Waals surface area (Å²) in [7, 11) is 1.24. The van der Waals surface area contributed by atoms with E-state index in [4.69, 9.17) is 18.9 Å². The van der Waals surface area contributed by atoms with E-state index in [1.807, 2.05) is 0 Å². The van der Waals surface area contributed by atoms with Crippen LogP contribution in [0.25, 0.3) is 0 Å². The lowest BCUT2D eigenvalue weighted by molar-refractivity contribution is -0.347. The molecule has 10 atom stereocenters. The number of carbonyl (C=O) groups excluding carboxylic acids is 1. The highest BCUT2D eigenvalue weighted by Crippen LogP contribution is 2.29. The quantitative estimate of drug-likeness (QED) is 0.228. The maximum absolute atomic E-state index is 11.3. The first-order valence-corrected chi connectivity index (χ1v) is 8.45. The molecule has 0 radical (unpaired) electrons. The number of hydrogen-bond donors (Lipinski definition) is 7.